The third-order valence-electron chi connectivity index (χ3n) is 2.98. The van der Waals surface area contributed by atoms with Gasteiger partial charge in [-0.15, -0.1) is 12.4 Å². The summed E-state index contributed by atoms with van der Waals surface area (Å²) in [7, 11) is 2.07. The molecule has 2 N–H and O–H groups in total. The normalized spacial score (nSPS) is 20.5. The molecule has 1 heterocycles. The zero-order valence-electron chi connectivity index (χ0n) is 8.90. The summed E-state index contributed by atoms with van der Waals surface area (Å²) in [5, 5.41) is 18.7. The van der Waals surface area contributed by atoms with Crippen LogP contribution in [0.3, 0.4) is 0 Å². The van der Waals surface area contributed by atoms with Crippen LogP contribution in [0, 0.1) is 0 Å². The highest BCUT2D eigenvalue weighted by molar-refractivity contribution is 5.85. The second kappa shape index (κ2) is 4.29. The molecule has 1 unspecified atom stereocenters. The van der Waals surface area contributed by atoms with Gasteiger partial charge in [0.1, 0.15) is 0 Å². The number of phenolic OH excluding ortho intramolecular Hbond substituents is 2. The van der Waals surface area contributed by atoms with E-state index in [4.69, 9.17) is 0 Å². The molecular weight excluding hydrogens is 214 g/mol. The van der Waals surface area contributed by atoms with Crippen LogP contribution in [0.5, 0.6) is 11.5 Å². The molecule has 3 nitrogen and oxygen atoms in total. The molecule has 0 saturated carbocycles. The molecule has 0 amide bonds. The standard InChI is InChI=1S/C11H15NO2.ClH/c1-7-3-8-4-10(13)11(14)5-9(8)6-12(7)2;/h4-5,7,13-14H,3,6H2,1-2H3;1H. The molecule has 1 aliphatic heterocycles. The van der Waals surface area contributed by atoms with E-state index in [0.29, 0.717) is 6.04 Å². The minimum atomic E-state index is -0.0216. The Morgan fingerprint density at radius 3 is 2.33 bits per heavy atom. The van der Waals surface area contributed by atoms with E-state index in [1.165, 1.54) is 0 Å². The molecule has 0 radical (unpaired) electrons. The molecule has 0 saturated heterocycles. The van der Waals surface area contributed by atoms with Crippen LogP contribution in [0.25, 0.3) is 0 Å². The lowest BCUT2D eigenvalue weighted by molar-refractivity contribution is 0.230. The van der Waals surface area contributed by atoms with Gasteiger partial charge in [0.2, 0.25) is 0 Å². The van der Waals surface area contributed by atoms with Crippen molar-refractivity contribution in [2.75, 3.05) is 7.05 Å². The van der Waals surface area contributed by atoms with E-state index in [1.807, 2.05) is 0 Å². The predicted octanol–water partition coefficient (Wildman–Crippen LogP) is 1.90. The van der Waals surface area contributed by atoms with Gasteiger partial charge in [0.25, 0.3) is 0 Å². The number of hydrogen-bond acceptors (Lipinski definition) is 3. The smallest absolute Gasteiger partial charge is 0.157 e. The monoisotopic (exact) mass is 229 g/mol. The van der Waals surface area contributed by atoms with Crippen molar-refractivity contribution in [3.63, 3.8) is 0 Å². The maximum absolute atomic E-state index is 9.36. The molecule has 1 atom stereocenters. The van der Waals surface area contributed by atoms with Crippen LogP contribution < -0.4 is 0 Å². The van der Waals surface area contributed by atoms with Gasteiger partial charge in [0, 0.05) is 12.6 Å². The molecule has 0 fully saturated rings. The van der Waals surface area contributed by atoms with E-state index in [0.717, 1.165) is 24.1 Å². The Morgan fingerprint density at radius 2 is 1.73 bits per heavy atom. The van der Waals surface area contributed by atoms with Gasteiger partial charge in [0.05, 0.1) is 0 Å². The Balaban J connectivity index is 0.00000112. The molecule has 0 aromatic heterocycles. The third-order valence-corrected chi connectivity index (χ3v) is 2.98. The van der Waals surface area contributed by atoms with Crippen LogP contribution in [-0.4, -0.2) is 28.2 Å². The van der Waals surface area contributed by atoms with E-state index in [9.17, 15) is 10.2 Å². The Kier molecular flexibility index (Phi) is 3.47. The summed E-state index contributed by atoms with van der Waals surface area (Å²) in [6.45, 7) is 3.00. The highest BCUT2D eigenvalue weighted by Gasteiger charge is 2.20. The number of halogens is 1. The zero-order chi connectivity index (χ0) is 10.3. The predicted molar refractivity (Wildman–Crippen MR) is 61.7 cm³/mol. The van der Waals surface area contributed by atoms with Crippen LogP contribution in [0.2, 0.25) is 0 Å². The molecule has 1 aromatic carbocycles. The molecule has 0 aliphatic carbocycles. The fourth-order valence-electron chi connectivity index (χ4n) is 1.90. The van der Waals surface area contributed by atoms with Crippen LogP contribution in [0.1, 0.15) is 18.1 Å². The Hall–Kier alpha value is -0.930. The van der Waals surface area contributed by atoms with E-state index < -0.39 is 0 Å². The van der Waals surface area contributed by atoms with E-state index in [-0.39, 0.29) is 23.9 Å². The van der Waals surface area contributed by atoms with Crippen LogP contribution in [0.15, 0.2) is 12.1 Å². The van der Waals surface area contributed by atoms with Gasteiger partial charge in [-0.05, 0) is 43.7 Å². The first-order chi connectivity index (χ1) is 6.58. The van der Waals surface area contributed by atoms with Gasteiger partial charge < -0.3 is 10.2 Å². The summed E-state index contributed by atoms with van der Waals surface area (Å²) in [6.07, 6.45) is 0.930. The Labute approximate surface area is 95.8 Å². The number of likely N-dealkylation sites (N-methyl/N-ethyl adjacent to an activating group) is 1. The highest BCUT2D eigenvalue weighted by Crippen LogP contribution is 2.32. The van der Waals surface area contributed by atoms with Crippen molar-refractivity contribution in [2.45, 2.75) is 25.9 Å². The molecule has 1 aromatic rings. The average molecular weight is 230 g/mol. The first-order valence-electron chi connectivity index (χ1n) is 4.82. The van der Waals surface area contributed by atoms with Crippen molar-refractivity contribution in [2.24, 2.45) is 0 Å². The van der Waals surface area contributed by atoms with Crippen LogP contribution >= 0.6 is 12.4 Å². The molecule has 4 heteroatoms. The van der Waals surface area contributed by atoms with Crippen LogP contribution in [0.4, 0.5) is 0 Å². The van der Waals surface area contributed by atoms with Gasteiger partial charge >= 0.3 is 0 Å². The number of phenols is 2. The van der Waals surface area contributed by atoms with Gasteiger partial charge in [-0.25, -0.2) is 0 Å². The average Bonchev–Trinajstić information content (AvgIpc) is 2.11. The summed E-state index contributed by atoms with van der Waals surface area (Å²) in [5.74, 6) is -0.0350. The maximum Gasteiger partial charge on any atom is 0.157 e. The largest absolute Gasteiger partial charge is 0.504 e. The van der Waals surface area contributed by atoms with Crippen LogP contribution in [-0.2, 0) is 13.0 Å². The second-order valence-electron chi connectivity index (χ2n) is 4.08. The Bertz CT molecular complexity index is 333. The lowest BCUT2D eigenvalue weighted by atomic mass is 9.95. The van der Waals surface area contributed by atoms with Crippen molar-refractivity contribution in [1.82, 2.24) is 4.90 Å². The molecule has 2 rings (SSSR count). The maximum atomic E-state index is 9.36. The Morgan fingerprint density at radius 1 is 1.20 bits per heavy atom. The summed E-state index contributed by atoms with van der Waals surface area (Å²) in [4.78, 5) is 2.23. The van der Waals surface area contributed by atoms with E-state index >= 15 is 0 Å². The second-order valence-corrected chi connectivity index (χ2v) is 4.08. The van der Waals surface area contributed by atoms with Crippen molar-refractivity contribution < 1.29 is 10.2 Å². The SMILES string of the molecule is CC1Cc2cc(O)c(O)cc2CN1C.Cl. The topological polar surface area (TPSA) is 43.7 Å². The number of benzene rings is 1. The van der Waals surface area contributed by atoms with Crippen molar-refractivity contribution >= 4 is 12.4 Å². The zero-order valence-corrected chi connectivity index (χ0v) is 9.71. The minimum Gasteiger partial charge on any atom is -0.504 e. The van der Waals surface area contributed by atoms with E-state index in [2.05, 4.69) is 18.9 Å². The molecule has 0 bridgehead atoms. The summed E-state index contributed by atoms with van der Waals surface area (Å²) in [5.41, 5.74) is 2.26. The fraction of sp³-hybridized carbons (Fsp3) is 0.455. The number of nitrogens with zero attached hydrogens (tertiary/aromatic N) is 1. The lowest BCUT2D eigenvalue weighted by Crippen LogP contribution is -2.34. The lowest BCUT2D eigenvalue weighted by Gasteiger charge is -2.31. The highest BCUT2D eigenvalue weighted by atomic mass is 35.5. The first-order valence-corrected chi connectivity index (χ1v) is 4.82. The molecule has 1 aliphatic rings. The van der Waals surface area contributed by atoms with Crippen molar-refractivity contribution in [1.29, 1.82) is 0 Å². The number of rotatable bonds is 0. The van der Waals surface area contributed by atoms with Gasteiger partial charge in [-0.3, -0.25) is 4.90 Å². The van der Waals surface area contributed by atoms with Gasteiger partial charge in [-0.1, -0.05) is 0 Å². The number of hydrogen-bond donors (Lipinski definition) is 2. The molecule has 84 valence electrons. The fourth-order valence-corrected chi connectivity index (χ4v) is 1.90. The summed E-state index contributed by atoms with van der Waals surface area (Å²) in [6, 6.07) is 3.83. The number of aromatic hydroxyl groups is 2. The molecule has 0 spiro atoms. The quantitative estimate of drug-likeness (QED) is 0.668. The summed E-state index contributed by atoms with van der Waals surface area (Å²) < 4.78 is 0. The van der Waals surface area contributed by atoms with Crippen molar-refractivity contribution in [3.05, 3.63) is 23.3 Å². The first kappa shape index (κ1) is 12.1. The molecule has 15 heavy (non-hydrogen) atoms. The minimum absolute atomic E-state index is 0. The van der Waals surface area contributed by atoms with Gasteiger partial charge in [0.15, 0.2) is 11.5 Å². The van der Waals surface area contributed by atoms with Gasteiger partial charge in [-0.2, -0.15) is 0 Å². The number of fused-ring (bicyclic) bond motifs is 1. The molecular formula is C11H16ClNO2. The third kappa shape index (κ3) is 2.19. The summed E-state index contributed by atoms with van der Waals surface area (Å²) >= 11 is 0. The van der Waals surface area contributed by atoms with E-state index in [1.54, 1.807) is 12.1 Å². The van der Waals surface area contributed by atoms with Crippen molar-refractivity contribution in [3.8, 4) is 11.5 Å².